The second-order valence-electron chi connectivity index (χ2n) is 8.20. The highest BCUT2D eigenvalue weighted by Gasteiger charge is 2.35. The molecule has 2 atom stereocenters. The fraction of sp³-hybridized carbons (Fsp3) is 0.333. The lowest BCUT2D eigenvalue weighted by Crippen LogP contribution is -2.39. The molecular formula is C24H25Cl2N3O4. The Labute approximate surface area is 201 Å². The van der Waals surface area contributed by atoms with E-state index >= 15 is 0 Å². The first-order valence-corrected chi connectivity index (χ1v) is 11.3. The number of nitrogens with one attached hydrogen (secondary N) is 1. The molecule has 0 radical (unpaired) electrons. The second-order valence-corrected chi connectivity index (χ2v) is 9.02. The van der Waals surface area contributed by atoms with Crippen LogP contribution in [0.15, 0.2) is 42.6 Å². The first kappa shape index (κ1) is 23.6. The highest BCUT2D eigenvalue weighted by molar-refractivity contribution is 6.36. The number of rotatable bonds is 6. The van der Waals surface area contributed by atoms with Gasteiger partial charge in [-0.15, -0.1) is 0 Å². The van der Waals surface area contributed by atoms with Gasteiger partial charge in [-0.3, -0.25) is 9.59 Å². The van der Waals surface area contributed by atoms with Gasteiger partial charge in [-0.25, -0.2) is 0 Å². The summed E-state index contributed by atoms with van der Waals surface area (Å²) in [5, 5.41) is 13.9. The van der Waals surface area contributed by atoms with Crippen LogP contribution in [-0.4, -0.2) is 58.8 Å². The Hall–Kier alpha value is -2.58. The molecule has 0 spiro atoms. The lowest BCUT2D eigenvalue weighted by atomic mass is 10.1. The van der Waals surface area contributed by atoms with Crippen molar-refractivity contribution in [1.29, 1.82) is 0 Å². The molecule has 1 fully saturated rings. The number of amides is 2. The quantitative estimate of drug-likeness (QED) is 0.550. The number of aromatic nitrogens is 1. The number of benzene rings is 2. The number of methoxy groups -OCH3 is 1. The summed E-state index contributed by atoms with van der Waals surface area (Å²) in [6.07, 6.45) is 2.29. The van der Waals surface area contributed by atoms with Crippen molar-refractivity contribution in [3.63, 3.8) is 0 Å². The predicted molar refractivity (Wildman–Crippen MR) is 129 cm³/mol. The summed E-state index contributed by atoms with van der Waals surface area (Å²) >= 11 is 12.9. The third-order valence-electron chi connectivity index (χ3n) is 6.11. The number of aryl methyl sites for hydroxylation is 1. The molecule has 0 bridgehead atoms. The molecule has 2 heterocycles. The molecule has 2 aromatic carbocycles. The standard InChI is InChI=1S/C24H25Cl2N3O4/c1-28-12-18(17-5-3-4-6-22(17)28)24(32)27-21-10-19(25)14(7-20(21)26)8-23(31)29-11-16(33-2)9-15(29)13-30/h3-7,10,12,15-16,30H,8-9,11,13H2,1-2H3,(H,27,32). The molecule has 1 saturated heterocycles. The summed E-state index contributed by atoms with van der Waals surface area (Å²) in [6.45, 7) is 0.296. The molecule has 1 aromatic heterocycles. The number of aliphatic hydroxyl groups excluding tert-OH is 1. The number of carbonyl (C=O) groups is 2. The number of fused-ring (bicyclic) bond motifs is 1. The highest BCUT2D eigenvalue weighted by Crippen LogP contribution is 2.32. The number of aliphatic hydroxyl groups is 1. The van der Waals surface area contributed by atoms with E-state index in [1.165, 1.54) is 0 Å². The summed E-state index contributed by atoms with van der Waals surface area (Å²) in [5.74, 6) is -0.471. The van der Waals surface area contributed by atoms with Crippen molar-refractivity contribution in [2.24, 2.45) is 7.05 Å². The number of para-hydroxylation sites is 1. The van der Waals surface area contributed by atoms with Crippen LogP contribution in [0.2, 0.25) is 10.0 Å². The second kappa shape index (κ2) is 9.73. The van der Waals surface area contributed by atoms with Crippen molar-refractivity contribution in [3.8, 4) is 0 Å². The molecule has 1 aliphatic rings. The number of hydrogen-bond donors (Lipinski definition) is 2. The molecule has 1 aliphatic heterocycles. The molecule has 2 unspecified atom stereocenters. The van der Waals surface area contributed by atoms with E-state index in [0.717, 1.165) is 10.9 Å². The summed E-state index contributed by atoms with van der Waals surface area (Å²) in [5.41, 5.74) is 2.38. The van der Waals surface area contributed by atoms with Gasteiger partial charge in [0.25, 0.3) is 5.91 Å². The van der Waals surface area contributed by atoms with E-state index in [4.69, 9.17) is 27.9 Å². The van der Waals surface area contributed by atoms with Crippen molar-refractivity contribution < 1.29 is 19.4 Å². The van der Waals surface area contributed by atoms with Crippen LogP contribution in [0.3, 0.4) is 0 Å². The summed E-state index contributed by atoms with van der Waals surface area (Å²) in [4.78, 5) is 27.4. The molecule has 33 heavy (non-hydrogen) atoms. The van der Waals surface area contributed by atoms with Crippen LogP contribution in [0.25, 0.3) is 10.9 Å². The van der Waals surface area contributed by atoms with Crippen LogP contribution in [0, 0.1) is 0 Å². The molecule has 3 aromatic rings. The summed E-state index contributed by atoms with van der Waals surface area (Å²) in [6, 6.07) is 10.5. The summed E-state index contributed by atoms with van der Waals surface area (Å²) < 4.78 is 7.23. The number of hydrogen-bond acceptors (Lipinski definition) is 4. The highest BCUT2D eigenvalue weighted by atomic mass is 35.5. The van der Waals surface area contributed by atoms with E-state index in [-0.39, 0.29) is 42.0 Å². The predicted octanol–water partition coefficient (Wildman–Crippen LogP) is 3.89. The van der Waals surface area contributed by atoms with Gasteiger partial charge in [0.1, 0.15) is 0 Å². The SMILES string of the molecule is COC1CC(CO)N(C(=O)Cc2cc(Cl)c(NC(=O)c3cn(C)c4ccccc34)cc2Cl)C1. The van der Waals surface area contributed by atoms with Crippen molar-refractivity contribution in [2.75, 3.05) is 25.6 Å². The number of nitrogens with zero attached hydrogens (tertiary/aromatic N) is 2. The zero-order valence-electron chi connectivity index (χ0n) is 18.3. The van der Waals surface area contributed by atoms with E-state index in [1.54, 1.807) is 30.3 Å². The van der Waals surface area contributed by atoms with Crippen LogP contribution in [0.4, 0.5) is 5.69 Å². The van der Waals surface area contributed by atoms with Crippen LogP contribution < -0.4 is 5.32 Å². The molecule has 7 nitrogen and oxygen atoms in total. The minimum Gasteiger partial charge on any atom is -0.394 e. The number of carbonyl (C=O) groups excluding carboxylic acids is 2. The van der Waals surface area contributed by atoms with Crippen molar-refractivity contribution >= 4 is 51.6 Å². The molecule has 4 rings (SSSR count). The lowest BCUT2D eigenvalue weighted by Gasteiger charge is -2.23. The Bertz CT molecular complexity index is 1210. The molecule has 0 aliphatic carbocycles. The van der Waals surface area contributed by atoms with Crippen LogP contribution in [-0.2, 0) is 23.0 Å². The van der Waals surface area contributed by atoms with Crippen LogP contribution in [0.5, 0.6) is 0 Å². The average molecular weight is 490 g/mol. The van der Waals surface area contributed by atoms with Gasteiger partial charge in [0.2, 0.25) is 5.91 Å². The van der Waals surface area contributed by atoms with Gasteiger partial charge in [0.15, 0.2) is 0 Å². The Morgan fingerprint density at radius 1 is 1.21 bits per heavy atom. The molecular weight excluding hydrogens is 465 g/mol. The Kier molecular flexibility index (Phi) is 6.95. The Morgan fingerprint density at radius 2 is 1.97 bits per heavy atom. The zero-order chi connectivity index (χ0) is 23.7. The average Bonchev–Trinajstić information content (AvgIpc) is 3.38. The van der Waals surface area contributed by atoms with Gasteiger partial charge < -0.3 is 24.6 Å². The molecule has 0 saturated carbocycles. The molecule has 2 amide bonds. The van der Waals surface area contributed by atoms with Crippen LogP contribution >= 0.6 is 23.2 Å². The number of likely N-dealkylation sites (tertiary alicyclic amines) is 1. The van der Waals surface area contributed by atoms with Gasteiger partial charge in [0, 0.05) is 42.8 Å². The first-order valence-electron chi connectivity index (χ1n) is 10.6. The van der Waals surface area contributed by atoms with E-state index in [1.807, 2.05) is 35.9 Å². The topological polar surface area (TPSA) is 83.8 Å². The van der Waals surface area contributed by atoms with Crippen molar-refractivity contribution in [1.82, 2.24) is 9.47 Å². The Balaban J connectivity index is 1.51. The smallest absolute Gasteiger partial charge is 0.257 e. The minimum atomic E-state index is -0.304. The minimum absolute atomic E-state index is 0.0308. The van der Waals surface area contributed by atoms with E-state index < -0.39 is 0 Å². The van der Waals surface area contributed by atoms with E-state index in [9.17, 15) is 14.7 Å². The lowest BCUT2D eigenvalue weighted by molar-refractivity contribution is -0.132. The maximum atomic E-state index is 12.9. The normalized spacial score (nSPS) is 18.2. The van der Waals surface area contributed by atoms with Gasteiger partial charge in [-0.1, -0.05) is 41.4 Å². The van der Waals surface area contributed by atoms with Gasteiger partial charge >= 0.3 is 0 Å². The fourth-order valence-electron chi connectivity index (χ4n) is 4.32. The maximum Gasteiger partial charge on any atom is 0.257 e. The third kappa shape index (κ3) is 4.73. The van der Waals surface area contributed by atoms with E-state index in [0.29, 0.717) is 34.8 Å². The zero-order valence-corrected chi connectivity index (χ0v) is 19.9. The number of ether oxygens (including phenoxy) is 1. The van der Waals surface area contributed by atoms with Gasteiger partial charge in [-0.2, -0.15) is 0 Å². The molecule has 174 valence electrons. The first-order chi connectivity index (χ1) is 15.8. The van der Waals surface area contributed by atoms with Crippen molar-refractivity contribution in [3.05, 3.63) is 63.8 Å². The maximum absolute atomic E-state index is 12.9. The molecule has 2 N–H and O–H groups in total. The van der Waals surface area contributed by atoms with Gasteiger partial charge in [-0.05, 0) is 30.2 Å². The monoisotopic (exact) mass is 489 g/mol. The van der Waals surface area contributed by atoms with Crippen molar-refractivity contribution in [2.45, 2.75) is 25.0 Å². The van der Waals surface area contributed by atoms with E-state index in [2.05, 4.69) is 5.32 Å². The number of halogens is 2. The third-order valence-corrected chi connectivity index (χ3v) is 6.77. The largest absolute Gasteiger partial charge is 0.394 e. The summed E-state index contributed by atoms with van der Waals surface area (Å²) in [7, 11) is 3.47. The fourth-order valence-corrected chi connectivity index (χ4v) is 4.78. The molecule has 9 heteroatoms. The van der Waals surface area contributed by atoms with Gasteiger partial charge in [0.05, 0.1) is 41.4 Å². The number of anilines is 1. The van der Waals surface area contributed by atoms with Crippen LogP contribution in [0.1, 0.15) is 22.3 Å². The Morgan fingerprint density at radius 3 is 2.70 bits per heavy atom.